The van der Waals surface area contributed by atoms with Gasteiger partial charge in [0.25, 0.3) is 0 Å². The first kappa shape index (κ1) is 15.1. The summed E-state index contributed by atoms with van der Waals surface area (Å²) in [5, 5.41) is 16.6. The van der Waals surface area contributed by atoms with Crippen molar-refractivity contribution in [3.63, 3.8) is 0 Å². The third-order valence-corrected chi connectivity index (χ3v) is 3.14. The third kappa shape index (κ3) is 6.11. The second-order valence-corrected chi connectivity index (χ2v) is 4.81. The van der Waals surface area contributed by atoms with Gasteiger partial charge in [-0.3, -0.25) is 4.79 Å². The summed E-state index contributed by atoms with van der Waals surface area (Å²) in [7, 11) is 0. The molecular formula is C12H20N2O3S. The van der Waals surface area contributed by atoms with Gasteiger partial charge in [-0.15, -0.1) is 11.3 Å². The quantitative estimate of drug-likeness (QED) is 0.591. The summed E-state index contributed by atoms with van der Waals surface area (Å²) in [4.78, 5) is 12.1. The highest BCUT2D eigenvalue weighted by Crippen LogP contribution is 2.21. The van der Waals surface area contributed by atoms with Crippen LogP contribution >= 0.6 is 11.3 Å². The fraction of sp³-hybridized carbons (Fsp3) is 0.583. The summed E-state index contributed by atoms with van der Waals surface area (Å²) in [5.41, 5.74) is 0.886. The van der Waals surface area contributed by atoms with E-state index >= 15 is 0 Å². The fourth-order valence-corrected chi connectivity index (χ4v) is 2.25. The molecule has 102 valence electrons. The minimum atomic E-state index is -0.0490. The van der Waals surface area contributed by atoms with Crippen molar-refractivity contribution in [3.8, 4) is 0 Å². The minimum Gasteiger partial charge on any atom is -0.394 e. The molecule has 0 aliphatic heterocycles. The van der Waals surface area contributed by atoms with E-state index in [9.17, 15) is 4.79 Å². The van der Waals surface area contributed by atoms with Crippen LogP contribution in [0.1, 0.15) is 18.2 Å². The van der Waals surface area contributed by atoms with Crippen LogP contribution in [0.3, 0.4) is 0 Å². The van der Waals surface area contributed by atoms with Crippen LogP contribution in [-0.2, 0) is 16.1 Å². The zero-order valence-corrected chi connectivity index (χ0v) is 11.4. The monoisotopic (exact) mass is 272 g/mol. The van der Waals surface area contributed by atoms with E-state index in [2.05, 4.69) is 10.6 Å². The number of rotatable bonds is 9. The molecule has 0 spiro atoms. The second kappa shape index (κ2) is 9.04. The largest absolute Gasteiger partial charge is 0.394 e. The number of hydrogen-bond donors (Lipinski definition) is 3. The van der Waals surface area contributed by atoms with Gasteiger partial charge in [-0.25, -0.2) is 0 Å². The molecule has 18 heavy (non-hydrogen) atoms. The van der Waals surface area contributed by atoms with Gasteiger partial charge in [0.1, 0.15) is 0 Å². The van der Waals surface area contributed by atoms with E-state index in [1.54, 1.807) is 11.3 Å². The number of carbonyl (C=O) groups is 1. The molecule has 0 unspecified atom stereocenters. The van der Waals surface area contributed by atoms with Crippen molar-refractivity contribution >= 4 is 22.9 Å². The molecule has 1 aromatic heterocycles. The highest BCUT2D eigenvalue weighted by atomic mass is 32.1. The number of thiophene rings is 1. The van der Waals surface area contributed by atoms with Crippen molar-refractivity contribution in [1.82, 2.24) is 5.32 Å². The number of amides is 1. The summed E-state index contributed by atoms with van der Waals surface area (Å²) in [6.07, 6.45) is 0.904. The third-order valence-electron chi connectivity index (χ3n) is 2.22. The topological polar surface area (TPSA) is 70.6 Å². The number of ether oxygens (including phenoxy) is 1. The Bertz CT molecular complexity index is 355. The first-order chi connectivity index (χ1) is 8.74. The Morgan fingerprint density at radius 2 is 2.33 bits per heavy atom. The predicted molar refractivity (Wildman–Crippen MR) is 72.9 cm³/mol. The molecular weight excluding hydrogens is 252 g/mol. The maximum atomic E-state index is 11.0. The lowest BCUT2D eigenvalue weighted by atomic mass is 10.3. The molecule has 0 aliphatic rings. The molecule has 5 nitrogen and oxygen atoms in total. The maximum absolute atomic E-state index is 11.0. The van der Waals surface area contributed by atoms with Gasteiger partial charge in [-0.05, 0) is 24.4 Å². The molecule has 0 fully saturated rings. The Kier molecular flexibility index (Phi) is 7.59. The maximum Gasteiger partial charge on any atom is 0.221 e. The van der Waals surface area contributed by atoms with Crippen molar-refractivity contribution in [2.45, 2.75) is 19.9 Å². The Labute approximate surface area is 111 Å². The summed E-state index contributed by atoms with van der Waals surface area (Å²) in [6.45, 7) is 4.22. The van der Waals surface area contributed by atoms with Gasteiger partial charge in [0.15, 0.2) is 0 Å². The van der Waals surface area contributed by atoms with E-state index < -0.39 is 0 Å². The van der Waals surface area contributed by atoms with Gasteiger partial charge in [0, 0.05) is 25.0 Å². The molecule has 6 heteroatoms. The van der Waals surface area contributed by atoms with Crippen LogP contribution in [0, 0.1) is 0 Å². The van der Waals surface area contributed by atoms with E-state index in [0.29, 0.717) is 13.2 Å². The molecule has 0 aliphatic carbocycles. The number of aliphatic hydroxyl groups excluding tert-OH is 1. The van der Waals surface area contributed by atoms with Crippen LogP contribution in [0.2, 0.25) is 0 Å². The van der Waals surface area contributed by atoms with E-state index in [0.717, 1.165) is 30.1 Å². The first-order valence-corrected chi connectivity index (χ1v) is 6.85. The van der Waals surface area contributed by atoms with Gasteiger partial charge >= 0.3 is 0 Å². The molecule has 1 aromatic rings. The molecule has 0 aromatic carbocycles. The van der Waals surface area contributed by atoms with Crippen molar-refractivity contribution in [3.05, 3.63) is 16.3 Å². The minimum absolute atomic E-state index is 0.0490. The van der Waals surface area contributed by atoms with Crippen molar-refractivity contribution in [2.75, 3.05) is 31.7 Å². The van der Waals surface area contributed by atoms with E-state index in [4.69, 9.17) is 9.84 Å². The molecule has 1 amide bonds. The van der Waals surface area contributed by atoms with Crippen LogP contribution in [0.4, 0.5) is 5.69 Å². The number of nitrogens with one attached hydrogen (secondary N) is 2. The van der Waals surface area contributed by atoms with Crippen LogP contribution in [0.25, 0.3) is 0 Å². The van der Waals surface area contributed by atoms with E-state index in [1.807, 2.05) is 11.4 Å². The predicted octanol–water partition coefficient (Wildman–Crippen LogP) is 1.20. The lowest BCUT2D eigenvalue weighted by Gasteiger charge is -2.06. The van der Waals surface area contributed by atoms with Gasteiger partial charge in [-0.1, -0.05) is 0 Å². The van der Waals surface area contributed by atoms with Gasteiger partial charge in [0.05, 0.1) is 18.9 Å². The average molecular weight is 272 g/mol. The van der Waals surface area contributed by atoms with Crippen molar-refractivity contribution in [2.24, 2.45) is 0 Å². The molecule has 0 bridgehead atoms. The fourth-order valence-electron chi connectivity index (χ4n) is 1.45. The summed E-state index contributed by atoms with van der Waals surface area (Å²) in [6, 6.07) is 1.91. The normalized spacial score (nSPS) is 10.6. The average Bonchev–Trinajstić information content (AvgIpc) is 2.75. The first-order valence-electron chi connectivity index (χ1n) is 5.97. The molecule has 3 N–H and O–H groups in total. The van der Waals surface area contributed by atoms with Crippen LogP contribution in [0.15, 0.2) is 11.4 Å². The summed E-state index contributed by atoms with van der Waals surface area (Å²) < 4.78 is 5.15. The van der Waals surface area contributed by atoms with Crippen molar-refractivity contribution < 1.29 is 14.6 Å². The molecule has 0 saturated carbocycles. The lowest BCUT2D eigenvalue weighted by Crippen LogP contribution is -2.17. The molecule has 0 atom stereocenters. The summed E-state index contributed by atoms with van der Waals surface area (Å²) in [5.74, 6) is -0.0490. The zero-order valence-electron chi connectivity index (χ0n) is 10.6. The summed E-state index contributed by atoms with van der Waals surface area (Å²) >= 11 is 1.62. The highest BCUT2D eigenvalue weighted by molar-refractivity contribution is 7.10. The molecule has 0 saturated heterocycles. The standard InChI is InChI=1S/C12H20N2O3S/c1-10(16)14-11-3-8-18-12(11)9-13-4-2-6-17-7-5-15/h3,8,13,15H,2,4-7,9H2,1H3,(H,14,16). The van der Waals surface area contributed by atoms with Crippen LogP contribution in [0.5, 0.6) is 0 Å². The second-order valence-electron chi connectivity index (χ2n) is 3.80. The smallest absolute Gasteiger partial charge is 0.221 e. The SMILES string of the molecule is CC(=O)Nc1ccsc1CNCCCOCCO. The molecule has 1 rings (SSSR count). The van der Waals surface area contributed by atoms with Gasteiger partial charge < -0.3 is 20.5 Å². The van der Waals surface area contributed by atoms with Crippen LogP contribution in [-0.4, -0.2) is 37.4 Å². The Balaban J connectivity index is 2.15. The molecule has 1 heterocycles. The Morgan fingerprint density at radius 3 is 3.06 bits per heavy atom. The molecule has 0 radical (unpaired) electrons. The van der Waals surface area contributed by atoms with E-state index in [1.165, 1.54) is 6.92 Å². The van der Waals surface area contributed by atoms with Gasteiger partial charge in [0.2, 0.25) is 5.91 Å². The van der Waals surface area contributed by atoms with Crippen LogP contribution < -0.4 is 10.6 Å². The van der Waals surface area contributed by atoms with Gasteiger partial charge in [-0.2, -0.15) is 0 Å². The van der Waals surface area contributed by atoms with E-state index in [-0.39, 0.29) is 12.5 Å². The number of aliphatic hydroxyl groups is 1. The number of carbonyl (C=O) groups excluding carboxylic acids is 1. The number of hydrogen-bond acceptors (Lipinski definition) is 5. The Hall–Kier alpha value is -0.950. The Morgan fingerprint density at radius 1 is 1.50 bits per heavy atom. The number of anilines is 1. The highest BCUT2D eigenvalue weighted by Gasteiger charge is 2.04. The lowest BCUT2D eigenvalue weighted by molar-refractivity contribution is -0.114. The zero-order chi connectivity index (χ0) is 13.2. The van der Waals surface area contributed by atoms with Crippen molar-refractivity contribution in [1.29, 1.82) is 0 Å².